The maximum atomic E-state index is 7.64. The maximum Gasteiger partial charge on any atom is 0.220 e. The van der Waals surface area contributed by atoms with Crippen LogP contribution in [-0.2, 0) is 0 Å². The van der Waals surface area contributed by atoms with E-state index in [4.69, 9.17) is 6.57 Å². The number of hydrogen-bond donors (Lipinski definition) is 0. The Bertz CT molecular complexity index is 1280. The van der Waals surface area contributed by atoms with Crippen molar-refractivity contribution in [3.05, 3.63) is 78.4 Å². The molecule has 3 nitrogen and oxygen atoms in total. The minimum atomic E-state index is 0.595. The molecule has 0 bridgehead atoms. The van der Waals surface area contributed by atoms with Crippen LogP contribution in [0.3, 0.4) is 0 Å². The van der Waals surface area contributed by atoms with Gasteiger partial charge in [-0.2, -0.15) is 0 Å². The zero-order valence-corrected chi connectivity index (χ0v) is 13.9. The monoisotopic (exact) mass is 337 g/mol. The molecule has 0 fully saturated rings. The molecule has 3 aromatic carbocycles. The summed E-state index contributed by atoms with van der Waals surface area (Å²) in [6.07, 6.45) is 1.56. The number of hydrogen-bond acceptors (Lipinski definition) is 3. The molecule has 116 valence electrons. The third-order valence-electron chi connectivity index (χ3n) is 4.39. The number of nitrogens with zero attached hydrogens (tertiary/aromatic N) is 3. The molecule has 0 amide bonds. The van der Waals surface area contributed by atoms with E-state index in [1.807, 2.05) is 36.4 Å². The lowest BCUT2D eigenvalue weighted by atomic mass is 10.0. The molecule has 0 aliphatic rings. The highest BCUT2D eigenvalue weighted by Gasteiger charge is 2.15. The van der Waals surface area contributed by atoms with Crippen molar-refractivity contribution >= 4 is 48.8 Å². The van der Waals surface area contributed by atoms with Crippen LogP contribution in [0.4, 0.5) is 5.69 Å². The predicted octanol–water partition coefficient (Wildman–Crippen LogP) is 6.22. The average molecular weight is 337 g/mol. The number of rotatable bonds is 1. The zero-order valence-electron chi connectivity index (χ0n) is 13.1. The van der Waals surface area contributed by atoms with Gasteiger partial charge in [-0.3, -0.25) is 0 Å². The summed E-state index contributed by atoms with van der Waals surface area (Å²) in [4.78, 5) is 13.8. The Morgan fingerprint density at radius 3 is 2.48 bits per heavy atom. The Kier molecular flexibility index (Phi) is 3.03. The number of aromatic nitrogens is 2. The van der Waals surface area contributed by atoms with Crippen LogP contribution < -0.4 is 0 Å². The summed E-state index contributed by atoms with van der Waals surface area (Å²) in [6.45, 7) is 7.64. The van der Waals surface area contributed by atoms with E-state index in [9.17, 15) is 0 Å². The summed E-state index contributed by atoms with van der Waals surface area (Å²) in [5, 5.41) is 4.11. The van der Waals surface area contributed by atoms with Gasteiger partial charge < -0.3 is 0 Å². The second-order valence-corrected chi connectivity index (χ2v) is 6.91. The molecule has 0 unspecified atom stereocenters. The highest BCUT2D eigenvalue weighted by molar-refractivity contribution is 7.22. The van der Waals surface area contributed by atoms with Crippen molar-refractivity contribution in [2.75, 3.05) is 0 Å². The summed E-state index contributed by atoms with van der Waals surface area (Å²) in [7, 11) is 0. The first kappa shape index (κ1) is 14.1. The summed E-state index contributed by atoms with van der Waals surface area (Å²) in [6, 6.07) is 20.5. The Hall–Kier alpha value is -3.29. The molecular weight excluding hydrogens is 326 g/mol. The molecule has 5 aromatic rings. The van der Waals surface area contributed by atoms with Gasteiger partial charge in [0.2, 0.25) is 5.69 Å². The van der Waals surface area contributed by atoms with Crippen molar-refractivity contribution in [2.45, 2.75) is 0 Å². The molecule has 0 spiro atoms. The van der Waals surface area contributed by atoms with E-state index >= 15 is 0 Å². The van der Waals surface area contributed by atoms with Gasteiger partial charge in [-0.25, -0.2) is 14.8 Å². The van der Waals surface area contributed by atoms with Gasteiger partial charge in [-0.15, -0.1) is 11.3 Å². The summed E-state index contributed by atoms with van der Waals surface area (Å²) in [5.41, 5.74) is 2.20. The number of fused-ring (bicyclic) bond motifs is 3. The lowest BCUT2D eigenvalue weighted by Gasteiger charge is -2.08. The second-order valence-electron chi connectivity index (χ2n) is 5.83. The van der Waals surface area contributed by atoms with Crippen LogP contribution in [0.15, 0.2) is 67.0 Å². The Labute approximate surface area is 148 Å². The minimum absolute atomic E-state index is 0.595. The van der Waals surface area contributed by atoms with E-state index in [-0.39, 0.29) is 0 Å². The van der Waals surface area contributed by atoms with Crippen molar-refractivity contribution in [1.29, 1.82) is 0 Å². The van der Waals surface area contributed by atoms with Gasteiger partial charge in [0.25, 0.3) is 0 Å². The zero-order chi connectivity index (χ0) is 16.8. The fourth-order valence-corrected chi connectivity index (χ4v) is 4.32. The minimum Gasteiger partial charge on any atom is -0.248 e. The molecule has 0 N–H and O–H groups in total. The fraction of sp³-hybridized carbons (Fsp3) is 0. The van der Waals surface area contributed by atoms with Crippen LogP contribution in [0.25, 0.3) is 47.2 Å². The highest BCUT2D eigenvalue weighted by atomic mass is 32.1. The smallest absolute Gasteiger partial charge is 0.220 e. The quantitative estimate of drug-likeness (QED) is 0.269. The maximum absolute atomic E-state index is 7.64. The topological polar surface area (TPSA) is 30.1 Å². The van der Waals surface area contributed by atoms with Gasteiger partial charge in [-0.05, 0) is 34.4 Å². The van der Waals surface area contributed by atoms with E-state index in [2.05, 4.69) is 39.1 Å². The van der Waals surface area contributed by atoms with Crippen LogP contribution >= 0.6 is 11.3 Å². The highest BCUT2D eigenvalue weighted by Crippen LogP contribution is 2.40. The third-order valence-corrected chi connectivity index (χ3v) is 5.52. The van der Waals surface area contributed by atoms with Gasteiger partial charge in [0, 0.05) is 10.1 Å². The molecule has 0 radical (unpaired) electrons. The van der Waals surface area contributed by atoms with E-state index in [0.29, 0.717) is 5.69 Å². The van der Waals surface area contributed by atoms with Gasteiger partial charge in [-0.1, -0.05) is 42.5 Å². The lowest BCUT2D eigenvalue weighted by molar-refractivity contribution is 1.23. The van der Waals surface area contributed by atoms with Crippen LogP contribution in [0.1, 0.15) is 0 Å². The largest absolute Gasteiger partial charge is 0.248 e. The molecule has 0 aliphatic heterocycles. The fourth-order valence-electron chi connectivity index (χ4n) is 3.25. The third kappa shape index (κ3) is 2.10. The standard InChI is InChI=1S/C21H11N3S/c1-22-20-15-8-4-2-6-13(15)10-16-19(23-12-24-21(16)20)18-11-14-7-3-5-9-17(14)25-18/h2-12H. The molecular formula is C21H11N3S. The number of thiophene rings is 1. The molecule has 25 heavy (non-hydrogen) atoms. The van der Waals surface area contributed by atoms with Crippen LogP contribution in [0.2, 0.25) is 0 Å². The summed E-state index contributed by atoms with van der Waals surface area (Å²) >= 11 is 1.72. The van der Waals surface area contributed by atoms with E-state index < -0.39 is 0 Å². The molecule has 0 aliphatic carbocycles. The van der Waals surface area contributed by atoms with Crippen molar-refractivity contribution < 1.29 is 0 Å². The van der Waals surface area contributed by atoms with Gasteiger partial charge in [0.15, 0.2) is 0 Å². The first-order chi connectivity index (χ1) is 12.3. The number of benzene rings is 3. The first-order valence-corrected chi connectivity index (χ1v) is 8.69. The summed E-state index contributed by atoms with van der Waals surface area (Å²) < 4.78 is 1.23. The van der Waals surface area contributed by atoms with Gasteiger partial charge >= 0.3 is 0 Å². The molecule has 2 heterocycles. The van der Waals surface area contributed by atoms with Crippen LogP contribution in [0.5, 0.6) is 0 Å². The normalized spacial score (nSPS) is 11.2. The van der Waals surface area contributed by atoms with Crippen molar-refractivity contribution in [3.8, 4) is 10.6 Å². The molecule has 4 heteroatoms. The van der Waals surface area contributed by atoms with Gasteiger partial charge in [0.1, 0.15) is 6.33 Å². The lowest BCUT2D eigenvalue weighted by Crippen LogP contribution is -1.88. The van der Waals surface area contributed by atoms with E-state index in [1.54, 1.807) is 17.7 Å². The van der Waals surface area contributed by atoms with E-state index in [0.717, 1.165) is 32.2 Å². The molecule has 0 saturated heterocycles. The van der Waals surface area contributed by atoms with Gasteiger partial charge in [0.05, 0.1) is 22.7 Å². The SMILES string of the molecule is [C-]#[N+]c1c2ccccc2cc2c(-c3cc4ccccc4s3)ncnc12. The Morgan fingerprint density at radius 1 is 0.840 bits per heavy atom. The molecule has 2 aromatic heterocycles. The molecule has 5 rings (SSSR count). The Morgan fingerprint density at radius 2 is 1.64 bits per heavy atom. The second kappa shape index (κ2) is 5.37. The van der Waals surface area contributed by atoms with E-state index in [1.165, 1.54) is 10.1 Å². The average Bonchev–Trinajstić information content (AvgIpc) is 3.09. The van der Waals surface area contributed by atoms with Crippen molar-refractivity contribution in [2.24, 2.45) is 0 Å². The Balaban J connectivity index is 1.90. The van der Waals surface area contributed by atoms with Crippen LogP contribution in [-0.4, -0.2) is 9.97 Å². The predicted molar refractivity (Wildman–Crippen MR) is 104 cm³/mol. The first-order valence-electron chi connectivity index (χ1n) is 7.88. The van der Waals surface area contributed by atoms with Crippen molar-refractivity contribution in [3.63, 3.8) is 0 Å². The molecule has 0 atom stereocenters. The van der Waals surface area contributed by atoms with Crippen LogP contribution in [0, 0.1) is 6.57 Å². The summed E-state index contributed by atoms with van der Waals surface area (Å²) in [5.74, 6) is 0. The molecule has 0 saturated carbocycles. The van der Waals surface area contributed by atoms with Crippen molar-refractivity contribution in [1.82, 2.24) is 9.97 Å².